The van der Waals surface area contributed by atoms with Gasteiger partial charge in [0, 0.05) is 18.1 Å². The Labute approximate surface area is 101 Å². The van der Waals surface area contributed by atoms with Gasteiger partial charge in [0.25, 0.3) is 0 Å². The highest BCUT2D eigenvalue weighted by molar-refractivity contribution is 5.43. The maximum Gasteiger partial charge on any atom is 0.148 e. The Hall–Kier alpha value is -1.66. The second kappa shape index (κ2) is 4.31. The molecule has 0 aromatic heterocycles. The van der Waals surface area contributed by atoms with Gasteiger partial charge in [-0.25, -0.2) is 0 Å². The Balaban J connectivity index is 2.29. The van der Waals surface area contributed by atoms with Crippen molar-refractivity contribution in [1.29, 1.82) is 0 Å². The molecule has 0 spiro atoms. The molecule has 0 amide bonds. The summed E-state index contributed by atoms with van der Waals surface area (Å²) in [4.78, 5) is 0. The van der Waals surface area contributed by atoms with Crippen molar-refractivity contribution >= 4 is 0 Å². The van der Waals surface area contributed by atoms with Crippen LogP contribution in [0.5, 0.6) is 11.5 Å². The molecule has 0 saturated heterocycles. The molecule has 3 heteroatoms. The van der Waals surface area contributed by atoms with Crippen LogP contribution in [0.4, 0.5) is 0 Å². The first-order chi connectivity index (χ1) is 8.02. The first kappa shape index (κ1) is 11.8. The molecule has 90 valence electrons. The molecule has 0 bridgehead atoms. The van der Waals surface area contributed by atoms with E-state index < -0.39 is 6.10 Å². The van der Waals surface area contributed by atoms with E-state index in [9.17, 15) is 5.11 Å². The van der Waals surface area contributed by atoms with E-state index in [0.717, 1.165) is 5.56 Å². The molecule has 1 N–H and O–H groups in total. The number of hydrogen-bond acceptors (Lipinski definition) is 3. The number of rotatable bonds is 2. The third-order valence-corrected chi connectivity index (χ3v) is 2.74. The number of fused-ring (bicyclic) bond motifs is 1. The van der Waals surface area contributed by atoms with Crippen LogP contribution in [0.1, 0.15) is 31.9 Å². The van der Waals surface area contributed by atoms with Gasteiger partial charge in [-0.3, -0.25) is 0 Å². The molecule has 1 aliphatic heterocycles. The summed E-state index contributed by atoms with van der Waals surface area (Å²) in [6, 6.07) is 5.39. The SMILES string of the molecule is C#CCOc1ccc2c(c1)OC(C)(C)CC2O. The fourth-order valence-corrected chi connectivity index (χ4v) is 2.01. The normalized spacial score (nSPS) is 20.9. The standard InChI is InChI=1S/C14H16O3/c1-4-7-16-10-5-6-11-12(15)9-14(2,3)17-13(11)8-10/h1,5-6,8,12,15H,7,9H2,2-3H3. The summed E-state index contributed by atoms with van der Waals surface area (Å²) in [5, 5.41) is 10.0. The van der Waals surface area contributed by atoms with Crippen LogP contribution in [-0.4, -0.2) is 17.3 Å². The van der Waals surface area contributed by atoms with E-state index in [4.69, 9.17) is 15.9 Å². The van der Waals surface area contributed by atoms with Crippen molar-refractivity contribution in [3.8, 4) is 23.8 Å². The topological polar surface area (TPSA) is 38.7 Å². The Morgan fingerprint density at radius 1 is 1.59 bits per heavy atom. The number of hydrogen-bond donors (Lipinski definition) is 1. The van der Waals surface area contributed by atoms with Crippen LogP contribution in [0.25, 0.3) is 0 Å². The van der Waals surface area contributed by atoms with E-state index >= 15 is 0 Å². The summed E-state index contributed by atoms with van der Waals surface area (Å²) in [6.07, 6.45) is 5.23. The molecule has 1 heterocycles. The maximum atomic E-state index is 10.0. The molecule has 1 aliphatic rings. The summed E-state index contributed by atoms with van der Waals surface area (Å²) < 4.78 is 11.1. The van der Waals surface area contributed by atoms with Crippen LogP contribution >= 0.6 is 0 Å². The largest absolute Gasteiger partial charge is 0.487 e. The van der Waals surface area contributed by atoms with Gasteiger partial charge in [-0.15, -0.1) is 6.42 Å². The molecule has 17 heavy (non-hydrogen) atoms. The predicted molar refractivity (Wildman–Crippen MR) is 65.1 cm³/mol. The second-order valence-corrected chi connectivity index (χ2v) is 4.77. The van der Waals surface area contributed by atoms with Crippen LogP contribution < -0.4 is 9.47 Å². The maximum absolute atomic E-state index is 10.0. The van der Waals surface area contributed by atoms with E-state index in [2.05, 4.69) is 5.92 Å². The third kappa shape index (κ3) is 2.54. The average Bonchev–Trinajstić information content (AvgIpc) is 2.24. The number of terminal acetylenes is 1. The van der Waals surface area contributed by atoms with Gasteiger partial charge in [0.2, 0.25) is 0 Å². The van der Waals surface area contributed by atoms with E-state index in [1.807, 2.05) is 19.9 Å². The lowest BCUT2D eigenvalue weighted by Crippen LogP contribution is -2.34. The summed E-state index contributed by atoms with van der Waals surface area (Å²) in [7, 11) is 0. The van der Waals surface area contributed by atoms with E-state index in [1.165, 1.54) is 0 Å². The number of aliphatic hydroxyl groups excluding tert-OH is 1. The molecule has 0 fully saturated rings. The van der Waals surface area contributed by atoms with Gasteiger partial charge in [-0.2, -0.15) is 0 Å². The minimum Gasteiger partial charge on any atom is -0.487 e. The van der Waals surface area contributed by atoms with Crippen molar-refractivity contribution in [2.45, 2.75) is 32.0 Å². The lowest BCUT2D eigenvalue weighted by atomic mass is 9.92. The van der Waals surface area contributed by atoms with Crippen molar-refractivity contribution in [3.63, 3.8) is 0 Å². The van der Waals surface area contributed by atoms with Crippen molar-refractivity contribution in [2.24, 2.45) is 0 Å². The lowest BCUT2D eigenvalue weighted by Gasteiger charge is -2.35. The van der Waals surface area contributed by atoms with Crippen molar-refractivity contribution < 1.29 is 14.6 Å². The zero-order valence-corrected chi connectivity index (χ0v) is 10.1. The first-order valence-corrected chi connectivity index (χ1v) is 5.59. The third-order valence-electron chi connectivity index (χ3n) is 2.74. The van der Waals surface area contributed by atoms with Crippen LogP contribution in [0.3, 0.4) is 0 Å². The summed E-state index contributed by atoms with van der Waals surface area (Å²) in [5.74, 6) is 3.74. The molecule has 1 aromatic carbocycles. The van der Waals surface area contributed by atoms with E-state index in [-0.39, 0.29) is 12.2 Å². The summed E-state index contributed by atoms with van der Waals surface area (Å²) in [6.45, 7) is 4.13. The highest BCUT2D eigenvalue weighted by Gasteiger charge is 2.32. The molecule has 1 atom stereocenters. The molecular formula is C14H16O3. The van der Waals surface area contributed by atoms with Gasteiger partial charge in [0.15, 0.2) is 0 Å². The minimum absolute atomic E-state index is 0.227. The second-order valence-electron chi connectivity index (χ2n) is 4.77. The molecule has 1 unspecified atom stereocenters. The van der Waals surface area contributed by atoms with Crippen molar-refractivity contribution in [3.05, 3.63) is 23.8 Å². The van der Waals surface area contributed by atoms with Gasteiger partial charge in [0.05, 0.1) is 6.10 Å². The number of benzene rings is 1. The number of aliphatic hydroxyl groups is 1. The van der Waals surface area contributed by atoms with Gasteiger partial charge in [-0.1, -0.05) is 5.92 Å². The molecule has 0 radical (unpaired) electrons. The molecule has 0 saturated carbocycles. The summed E-state index contributed by atoms with van der Waals surface area (Å²) >= 11 is 0. The Kier molecular flexibility index (Phi) is 2.99. The van der Waals surface area contributed by atoms with Gasteiger partial charge in [-0.05, 0) is 26.0 Å². The van der Waals surface area contributed by atoms with E-state index in [1.54, 1.807) is 12.1 Å². The van der Waals surface area contributed by atoms with Gasteiger partial charge < -0.3 is 14.6 Å². The number of ether oxygens (including phenoxy) is 2. The Morgan fingerprint density at radius 2 is 2.35 bits per heavy atom. The van der Waals surface area contributed by atoms with Crippen LogP contribution in [0.15, 0.2) is 18.2 Å². The molecule has 3 nitrogen and oxygen atoms in total. The zero-order valence-electron chi connectivity index (χ0n) is 10.1. The van der Waals surface area contributed by atoms with Gasteiger partial charge in [0.1, 0.15) is 23.7 Å². The molecular weight excluding hydrogens is 216 g/mol. The van der Waals surface area contributed by atoms with Crippen LogP contribution in [0.2, 0.25) is 0 Å². The predicted octanol–water partition coefficient (Wildman–Crippen LogP) is 2.29. The van der Waals surface area contributed by atoms with Crippen molar-refractivity contribution in [1.82, 2.24) is 0 Å². The zero-order chi connectivity index (χ0) is 12.5. The summed E-state index contributed by atoms with van der Waals surface area (Å²) in [5.41, 5.74) is 0.439. The molecule has 1 aromatic rings. The Bertz CT molecular complexity index is 457. The minimum atomic E-state index is -0.490. The quantitative estimate of drug-likeness (QED) is 0.795. The van der Waals surface area contributed by atoms with Crippen LogP contribution in [-0.2, 0) is 0 Å². The first-order valence-electron chi connectivity index (χ1n) is 5.59. The highest BCUT2D eigenvalue weighted by Crippen LogP contribution is 2.40. The fraction of sp³-hybridized carbons (Fsp3) is 0.429. The smallest absolute Gasteiger partial charge is 0.148 e. The molecule has 2 rings (SSSR count). The van der Waals surface area contributed by atoms with Crippen LogP contribution in [0, 0.1) is 12.3 Å². The van der Waals surface area contributed by atoms with Gasteiger partial charge >= 0.3 is 0 Å². The monoisotopic (exact) mass is 232 g/mol. The fourth-order valence-electron chi connectivity index (χ4n) is 2.01. The Morgan fingerprint density at radius 3 is 3.06 bits per heavy atom. The van der Waals surface area contributed by atoms with E-state index in [0.29, 0.717) is 17.9 Å². The highest BCUT2D eigenvalue weighted by atomic mass is 16.5. The van der Waals surface area contributed by atoms with Crippen molar-refractivity contribution in [2.75, 3.05) is 6.61 Å². The average molecular weight is 232 g/mol. The molecule has 0 aliphatic carbocycles. The lowest BCUT2D eigenvalue weighted by molar-refractivity contribution is 0.0113.